The number of nitrogens with two attached hydrogens (primary N) is 1. The van der Waals surface area contributed by atoms with Gasteiger partial charge in [0, 0.05) is 23.4 Å². The van der Waals surface area contributed by atoms with E-state index in [0.29, 0.717) is 6.42 Å². The lowest BCUT2D eigenvalue weighted by Gasteiger charge is -2.30. The molecule has 0 saturated heterocycles. The second kappa shape index (κ2) is 6.96. The third kappa shape index (κ3) is 4.87. The van der Waals surface area contributed by atoms with Gasteiger partial charge in [-0.3, -0.25) is 9.48 Å². The largest absolute Gasteiger partial charge is 0.368 e. The first-order chi connectivity index (χ1) is 8.87. The van der Waals surface area contributed by atoms with E-state index in [1.165, 1.54) is 0 Å². The number of thioether (sulfide) groups is 1. The van der Waals surface area contributed by atoms with Crippen LogP contribution in [0.25, 0.3) is 0 Å². The van der Waals surface area contributed by atoms with Crippen molar-refractivity contribution in [2.24, 2.45) is 12.8 Å². The smallest absolute Gasteiger partial charge is 0.237 e. The number of primary amides is 1. The molecule has 2 unspecified atom stereocenters. The van der Waals surface area contributed by atoms with Gasteiger partial charge in [0.05, 0.1) is 11.7 Å². The molecule has 1 aromatic rings. The summed E-state index contributed by atoms with van der Waals surface area (Å²) in [4.78, 5) is 12.8. The molecule has 19 heavy (non-hydrogen) atoms. The molecule has 0 aliphatic heterocycles. The number of carbonyl (C=O) groups is 1. The fourth-order valence-corrected chi connectivity index (χ4v) is 3.17. The highest BCUT2D eigenvalue weighted by Gasteiger charge is 2.32. The molecule has 3 N–H and O–H groups in total. The Morgan fingerprint density at radius 1 is 1.68 bits per heavy atom. The van der Waals surface area contributed by atoms with Gasteiger partial charge in [-0.05, 0) is 26.3 Å². The quantitative estimate of drug-likeness (QED) is 0.710. The zero-order valence-electron chi connectivity index (χ0n) is 12.1. The number of carbonyl (C=O) groups excluding carboxylic acids is 1. The van der Waals surface area contributed by atoms with E-state index in [4.69, 9.17) is 5.73 Å². The molecule has 5 nitrogen and oxygen atoms in total. The van der Waals surface area contributed by atoms with Gasteiger partial charge in [-0.1, -0.05) is 13.8 Å². The molecule has 108 valence electrons. The Bertz CT molecular complexity index is 421. The number of nitrogens with zero attached hydrogens (tertiary/aromatic N) is 2. The first-order valence-electron chi connectivity index (χ1n) is 6.57. The molecule has 0 saturated carbocycles. The van der Waals surface area contributed by atoms with Crippen LogP contribution in [0, 0.1) is 0 Å². The summed E-state index contributed by atoms with van der Waals surface area (Å²) in [6.07, 6.45) is 5.49. The Morgan fingerprint density at radius 2 is 2.37 bits per heavy atom. The lowest BCUT2D eigenvalue weighted by molar-refractivity contribution is -0.124. The molecule has 6 heteroatoms. The second-order valence-electron chi connectivity index (χ2n) is 5.11. The van der Waals surface area contributed by atoms with Gasteiger partial charge in [-0.25, -0.2) is 0 Å². The van der Waals surface area contributed by atoms with Crippen LogP contribution in [0.2, 0.25) is 0 Å². The summed E-state index contributed by atoms with van der Waals surface area (Å²) in [5.41, 5.74) is 4.88. The van der Waals surface area contributed by atoms with Gasteiger partial charge in [-0.15, -0.1) is 11.8 Å². The average molecular weight is 284 g/mol. The minimum atomic E-state index is -0.648. The number of hydrogen-bond donors (Lipinski definition) is 2. The maximum Gasteiger partial charge on any atom is 0.237 e. The minimum Gasteiger partial charge on any atom is -0.368 e. The third-order valence-corrected chi connectivity index (χ3v) is 4.08. The molecular formula is C13H24N4OS. The number of rotatable bonds is 8. The summed E-state index contributed by atoms with van der Waals surface area (Å²) in [5, 5.41) is 7.68. The second-order valence-corrected chi connectivity index (χ2v) is 6.62. The summed E-state index contributed by atoms with van der Waals surface area (Å²) < 4.78 is 1.78. The van der Waals surface area contributed by atoms with Gasteiger partial charge in [-0.2, -0.15) is 5.10 Å². The van der Waals surface area contributed by atoms with Crippen molar-refractivity contribution in [1.29, 1.82) is 0 Å². The summed E-state index contributed by atoms with van der Waals surface area (Å²) >= 11 is 1.71. The molecule has 2 atom stereocenters. The predicted octanol–water partition coefficient (Wildman–Crippen LogP) is 1.53. The number of amides is 1. The molecule has 0 spiro atoms. The van der Waals surface area contributed by atoms with Crippen LogP contribution in [0.5, 0.6) is 0 Å². The molecule has 0 radical (unpaired) electrons. The van der Waals surface area contributed by atoms with Crippen molar-refractivity contribution in [3.63, 3.8) is 0 Å². The summed E-state index contributed by atoms with van der Waals surface area (Å²) in [6.45, 7) is 6.85. The fourth-order valence-electron chi connectivity index (χ4n) is 1.97. The van der Waals surface area contributed by atoms with Crippen LogP contribution in [-0.4, -0.2) is 33.0 Å². The topological polar surface area (TPSA) is 72.9 Å². The zero-order valence-corrected chi connectivity index (χ0v) is 13.0. The highest BCUT2D eigenvalue weighted by atomic mass is 32.2. The molecular weight excluding hydrogens is 260 g/mol. The van der Waals surface area contributed by atoms with Gasteiger partial charge in [0.1, 0.15) is 0 Å². The van der Waals surface area contributed by atoms with Crippen LogP contribution in [0.3, 0.4) is 0 Å². The summed E-state index contributed by atoms with van der Waals surface area (Å²) in [6, 6.07) is 0. The van der Waals surface area contributed by atoms with E-state index in [2.05, 4.69) is 24.3 Å². The lowest BCUT2D eigenvalue weighted by atomic mass is 9.95. The first-order valence-corrected chi connectivity index (χ1v) is 7.45. The SMILES string of the molecule is CCCNC(C)(CC(C)Sc1cnn(C)c1)C(N)=O. The Hall–Kier alpha value is -1.01. The number of aromatic nitrogens is 2. The Kier molecular flexibility index (Phi) is 5.87. The van der Waals surface area contributed by atoms with Crippen molar-refractivity contribution in [1.82, 2.24) is 15.1 Å². The molecule has 0 aliphatic carbocycles. The molecule has 1 aromatic heterocycles. The van der Waals surface area contributed by atoms with Gasteiger partial charge in [0.2, 0.25) is 5.91 Å². The van der Waals surface area contributed by atoms with E-state index in [-0.39, 0.29) is 11.2 Å². The van der Waals surface area contributed by atoms with Crippen molar-refractivity contribution < 1.29 is 4.79 Å². The zero-order chi connectivity index (χ0) is 14.5. The average Bonchev–Trinajstić information content (AvgIpc) is 2.71. The molecule has 0 fully saturated rings. The predicted molar refractivity (Wildman–Crippen MR) is 79.0 cm³/mol. The third-order valence-electron chi connectivity index (χ3n) is 3.02. The van der Waals surface area contributed by atoms with Crippen LogP contribution >= 0.6 is 11.8 Å². The Balaban J connectivity index is 2.60. The maximum absolute atomic E-state index is 11.7. The first kappa shape index (κ1) is 16.0. The van der Waals surface area contributed by atoms with Crippen LogP contribution in [-0.2, 0) is 11.8 Å². The number of nitrogens with one attached hydrogen (secondary N) is 1. The molecule has 0 aliphatic rings. The molecule has 0 aromatic carbocycles. The minimum absolute atomic E-state index is 0.283. The molecule has 1 rings (SSSR count). The van der Waals surface area contributed by atoms with Crippen LogP contribution in [0.1, 0.15) is 33.6 Å². The van der Waals surface area contributed by atoms with Crippen molar-refractivity contribution >= 4 is 17.7 Å². The van der Waals surface area contributed by atoms with E-state index in [1.807, 2.05) is 26.4 Å². The molecule has 1 amide bonds. The highest BCUT2D eigenvalue weighted by molar-refractivity contribution is 7.99. The van der Waals surface area contributed by atoms with E-state index in [1.54, 1.807) is 16.4 Å². The van der Waals surface area contributed by atoms with Crippen LogP contribution in [0.15, 0.2) is 17.3 Å². The Morgan fingerprint density at radius 3 is 2.84 bits per heavy atom. The maximum atomic E-state index is 11.7. The van der Waals surface area contributed by atoms with Crippen molar-refractivity contribution in [3.8, 4) is 0 Å². The van der Waals surface area contributed by atoms with E-state index in [9.17, 15) is 4.79 Å². The lowest BCUT2D eigenvalue weighted by Crippen LogP contribution is -2.54. The van der Waals surface area contributed by atoms with Crippen molar-refractivity contribution in [3.05, 3.63) is 12.4 Å². The monoisotopic (exact) mass is 284 g/mol. The number of aryl methyl sites for hydroxylation is 1. The van der Waals surface area contributed by atoms with Crippen molar-refractivity contribution in [2.75, 3.05) is 6.54 Å². The Labute approximate surface area is 119 Å². The van der Waals surface area contributed by atoms with E-state index >= 15 is 0 Å². The molecule has 1 heterocycles. The van der Waals surface area contributed by atoms with Crippen molar-refractivity contribution in [2.45, 2.75) is 49.3 Å². The van der Waals surface area contributed by atoms with E-state index in [0.717, 1.165) is 17.9 Å². The van der Waals surface area contributed by atoms with E-state index < -0.39 is 5.54 Å². The van der Waals surface area contributed by atoms with Gasteiger partial charge in [0.25, 0.3) is 0 Å². The van der Waals surface area contributed by atoms with Gasteiger partial charge >= 0.3 is 0 Å². The van der Waals surface area contributed by atoms with Crippen LogP contribution in [0.4, 0.5) is 0 Å². The molecule has 0 bridgehead atoms. The normalized spacial score (nSPS) is 16.0. The number of hydrogen-bond acceptors (Lipinski definition) is 4. The summed E-state index contributed by atoms with van der Waals surface area (Å²) in [7, 11) is 1.89. The van der Waals surface area contributed by atoms with Gasteiger partial charge < -0.3 is 11.1 Å². The van der Waals surface area contributed by atoms with Gasteiger partial charge in [0.15, 0.2) is 0 Å². The van der Waals surface area contributed by atoms with Crippen LogP contribution < -0.4 is 11.1 Å². The highest BCUT2D eigenvalue weighted by Crippen LogP contribution is 2.28. The fraction of sp³-hybridized carbons (Fsp3) is 0.692. The summed E-state index contributed by atoms with van der Waals surface area (Å²) in [5.74, 6) is -0.292. The standard InChI is InChI=1S/C13H24N4OS/c1-5-6-15-13(3,12(14)18)7-10(2)19-11-8-16-17(4)9-11/h8-10,15H,5-7H2,1-4H3,(H2,14,18).